The first-order valence-corrected chi connectivity index (χ1v) is 9.37. The summed E-state index contributed by atoms with van der Waals surface area (Å²) >= 11 is 1.35. The van der Waals surface area contributed by atoms with Crippen LogP contribution >= 0.6 is 11.3 Å². The van der Waals surface area contributed by atoms with E-state index >= 15 is 0 Å². The topological polar surface area (TPSA) is 49.4 Å². The predicted octanol–water partition coefficient (Wildman–Crippen LogP) is 4.25. The average Bonchev–Trinajstić information content (AvgIpc) is 3.07. The van der Waals surface area contributed by atoms with Gasteiger partial charge in [-0.25, -0.2) is 4.39 Å². The van der Waals surface area contributed by atoms with Gasteiger partial charge in [-0.05, 0) is 41.0 Å². The van der Waals surface area contributed by atoms with Crippen LogP contribution in [-0.2, 0) is 4.79 Å². The minimum Gasteiger partial charge on any atom is -0.348 e. The van der Waals surface area contributed by atoms with E-state index in [9.17, 15) is 14.0 Å². The highest BCUT2D eigenvalue weighted by Gasteiger charge is 2.23. The second-order valence-electron chi connectivity index (χ2n) is 7.57. The number of likely N-dealkylation sites (N-methyl/N-ethyl adjacent to an activating group) is 1. The van der Waals surface area contributed by atoms with Gasteiger partial charge in [0.2, 0.25) is 5.91 Å². The Kier molecular flexibility index (Phi) is 6.53. The van der Waals surface area contributed by atoms with Gasteiger partial charge in [-0.15, -0.1) is 11.3 Å². The first-order valence-electron chi connectivity index (χ1n) is 8.49. The number of nitrogens with one attached hydrogen (secondary N) is 1. The van der Waals surface area contributed by atoms with Crippen LogP contribution in [-0.4, -0.2) is 30.3 Å². The highest BCUT2D eigenvalue weighted by atomic mass is 32.1. The molecule has 2 aromatic rings. The normalized spacial score (nSPS) is 12.5. The van der Waals surface area contributed by atoms with Gasteiger partial charge in [0.25, 0.3) is 5.91 Å². The SMILES string of the molecule is CN(CC(=O)N[C@H](CC(C)(C)C)c1ccc(F)cc1)C(=O)c1cccs1. The van der Waals surface area contributed by atoms with Crippen LogP contribution < -0.4 is 5.32 Å². The fourth-order valence-corrected chi connectivity index (χ4v) is 3.39. The highest BCUT2D eigenvalue weighted by molar-refractivity contribution is 7.12. The fraction of sp³-hybridized carbons (Fsp3) is 0.400. The second kappa shape index (κ2) is 8.45. The van der Waals surface area contributed by atoms with Crippen LogP contribution in [0.1, 0.15) is 48.5 Å². The molecule has 0 fully saturated rings. The van der Waals surface area contributed by atoms with Crippen molar-refractivity contribution < 1.29 is 14.0 Å². The van der Waals surface area contributed by atoms with Crippen LogP contribution in [0.4, 0.5) is 4.39 Å². The van der Waals surface area contributed by atoms with E-state index in [0.717, 1.165) is 5.56 Å². The molecular formula is C20H25FN2O2S. The maximum absolute atomic E-state index is 13.2. The zero-order valence-corrected chi connectivity index (χ0v) is 16.4. The van der Waals surface area contributed by atoms with E-state index in [1.165, 1.54) is 28.4 Å². The molecule has 0 spiro atoms. The maximum Gasteiger partial charge on any atom is 0.264 e. The summed E-state index contributed by atoms with van der Waals surface area (Å²) in [4.78, 5) is 26.8. The lowest BCUT2D eigenvalue weighted by Gasteiger charge is -2.28. The summed E-state index contributed by atoms with van der Waals surface area (Å²) in [7, 11) is 1.61. The summed E-state index contributed by atoms with van der Waals surface area (Å²) in [6.45, 7) is 6.23. The van der Waals surface area contributed by atoms with Crippen molar-refractivity contribution in [3.8, 4) is 0 Å². The molecule has 1 N–H and O–H groups in total. The number of nitrogens with zero attached hydrogens (tertiary/aromatic N) is 1. The monoisotopic (exact) mass is 376 g/mol. The van der Waals surface area contributed by atoms with Crippen LogP contribution in [0.25, 0.3) is 0 Å². The van der Waals surface area contributed by atoms with Crippen molar-refractivity contribution in [1.29, 1.82) is 0 Å². The number of rotatable bonds is 6. The highest BCUT2D eigenvalue weighted by Crippen LogP contribution is 2.29. The van der Waals surface area contributed by atoms with Crippen molar-refractivity contribution in [2.75, 3.05) is 13.6 Å². The molecule has 6 heteroatoms. The van der Waals surface area contributed by atoms with Gasteiger partial charge in [0.15, 0.2) is 0 Å². The molecule has 0 saturated heterocycles. The van der Waals surface area contributed by atoms with Crippen molar-refractivity contribution in [1.82, 2.24) is 10.2 Å². The number of hydrogen-bond donors (Lipinski definition) is 1. The average molecular weight is 376 g/mol. The van der Waals surface area contributed by atoms with Crippen LogP contribution in [0.15, 0.2) is 41.8 Å². The molecule has 1 aromatic heterocycles. The first-order chi connectivity index (χ1) is 12.2. The molecule has 0 aliphatic rings. The predicted molar refractivity (Wildman–Crippen MR) is 103 cm³/mol. The van der Waals surface area contributed by atoms with E-state index in [1.54, 1.807) is 31.3 Å². The van der Waals surface area contributed by atoms with E-state index in [1.807, 2.05) is 5.38 Å². The lowest BCUT2D eigenvalue weighted by molar-refractivity contribution is -0.122. The van der Waals surface area contributed by atoms with Crippen molar-refractivity contribution in [2.45, 2.75) is 33.2 Å². The van der Waals surface area contributed by atoms with E-state index in [4.69, 9.17) is 0 Å². The third-order valence-electron chi connectivity index (χ3n) is 3.88. The first kappa shape index (κ1) is 20.1. The molecule has 1 heterocycles. The molecule has 0 unspecified atom stereocenters. The smallest absolute Gasteiger partial charge is 0.264 e. The number of amides is 2. The Morgan fingerprint density at radius 1 is 1.19 bits per heavy atom. The summed E-state index contributed by atoms with van der Waals surface area (Å²) in [5.41, 5.74) is 0.826. The largest absolute Gasteiger partial charge is 0.348 e. The molecule has 1 atom stereocenters. The molecule has 26 heavy (non-hydrogen) atoms. The Labute approximate surface area is 158 Å². The molecule has 140 valence electrons. The van der Waals surface area contributed by atoms with E-state index < -0.39 is 0 Å². The number of carbonyl (C=O) groups is 2. The van der Waals surface area contributed by atoms with Gasteiger partial charge >= 0.3 is 0 Å². The number of thiophene rings is 1. The van der Waals surface area contributed by atoms with Crippen molar-refractivity contribution in [3.05, 3.63) is 58.0 Å². The molecule has 2 rings (SSSR count). The van der Waals surface area contributed by atoms with Crippen LogP contribution in [0, 0.1) is 11.2 Å². The third kappa shape index (κ3) is 5.95. The lowest BCUT2D eigenvalue weighted by atomic mass is 9.85. The molecule has 0 radical (unpaired) electrons. The lowest BCUT2D eigenvalue weighted by Crippen LogP contribution is -2.40. The van der Waals surface area contributed by atoms with Crippen LogP contribution in [0.3, 0.4) is 0 Å². The molecule has 4 nitrogen and oxygen atoms in total. The fourth-order valence-electron chi connectivity index (χ4n) is 2.68. The van der Waals surface area contributed by atoms with E-state index in [0.29, 0.717) is 11.3 Å². The van der Waals surface area contributed by atoms with Gasteiger partial charge in [-0.3, -0.25) is 9.59 Å². The van der Waals surface area contributed by atoms with Crippen LogP contribution in [0.5, 0.6) is 0 Å². The molecule has 1 aromatic carbocycles. The number of benzene rings is 1. The summed E-state index contributed by atoms with van der Waals surface area (Å²) < 4.78 is 13.2. The third-order valence-corrected chi connectivity index (χ3v) is 4.74. The van der Waals surface area contributed by atoms with Crippen molar-refractivity contribution >= 4 is 23.2 Å². The molecular weight excluding hydrogens is 351 g/mol. The standard InChI is InChI=1S/C20H25FN2O2S/c1-20(2,3)12-16(14-7-9-15(21)10-8-14)22-18(24)13-23(4)19(25)17-6-5-11-26-17/h5-11,16H,12-13H2,1-4H3,(H,22,24)/t16-/m1/s1. The zero-order chi connectivity index (χ0) is 19.3. The minimum atomic E-state index is -0.309. The Morgan fingerprint density at radius 3 is 2.38 bits per heavy atom. The molecule has 0 saturated carbocycles. The molecule has 0 aliphatic carbocycles. The van der Waals surface area contributed by atoms with Gasteiger partial charge in [-0.1, -0.05) is 39.0 Å². The summed E-state index contributed by atoms with van der Waals surface area (Å²) in [5.74, 6) is -0.726. The van der Waals surface area contributed by atoms with Crippen molar-refractivity contribution in [2.24, 2.45) is 5.41 Å². The molecule has 0 bridgehead atoms. The number of halogens is 1. The summed E-state index contributed by atoms with van der Waals surface area (Å²) in [6, 6.07) is 9.46. The minimum absolute atomic E-state index is 0.0228. The van der Waals surface area contributed by atoms with Crippen LogP contribution in [0.2, 0.25) is 0 Å². The Hall–Kier alpha value is -2.21. The van der Waals surface area contributed by atoms with Crippen molar-refractivity contribution in [3.63, 3.8) is 0 Å². The second-order valence-corrected chi connectivity index (χ2v) is 8.52. The van der Waals surface area contributed by atoms with Gasteiger partial charge < -0.3 is 10.2 Å². The van der Waals surface area contributed by atoms with E-state index in [2.05, 4.69) is 26.1 Å². The van der Waals surface area contributed by atoms with Gasteiger partial charge in [0, 0.05) is 7.05 Å². The van der Waals surface area contributed by atoms with Gasteiger partial charge in [0.05, 0.1) is 17.5 Å². The number of carbonyl (C=O) groups excluding carboxylic acids is 2. The summed E-state index contributed by atoms with van der Waals surface area (Å²) in [5, 5.41) is 4.82. The molecule has 2 amide bonds. The maximum atomic E-state index is 13.2. The Morgan fingerprint density at radius 2 is 1.85 bits per heavy atom. The quantitative estimate of drug-likeness (QED) is 0.819. The Bertz CT molecular complexity index is 736. The summed E-state index contributed by atoms with van der Waals surface area (Å²) in [6.07, 6.45) is 0.701. The zero-order valence-electron chi connectivity index (χ0n) is 15.6. The molecule has 0 aliphatic heterocycles. The van der Waals surface area contributed by atoms with Gasteiger partial charge in [0.1, 0.15) is 5.82 Å². The number of hydrogen-bond acceptors (Lipinski definition) is 3. The van der Waals surface area contributed by atoms with E-state index in [-0.39, 0.29) is 35.6 Å². The Balaban J connectivity index is 2.05. The van der Waals surface area contributed by atoms with Gasteiger partial charge in [-0.2, -0.15) is 0 Å².